The second-order valence-corrected chi connectivity index (χ2v) is 5.48. The minimum Gasteiger partial charge on any atom is -0.466 e. The molecule has 1 aliphatic rings. The van der Waals surface area contributed by atoms with Gasteiger partial charge in [-0.2, -0.15) is 0 Å². The van der Waals surface area contributed by atoms with Crippen LogP contribution in [-0.4, -0.2) is 25.3 Å². The fourth-order valence-corrected chi connectivity index (χ4v) is 2.35. The monoisotopic (exact) mass is 270 g/mol. The first-order chi connectivity index (χ1) is 9.33. The summed E-state index contributed by atoms with van der Waals surface area (Å²) < 4.78 is 10.1. The molecular weight excluding hydrogens is 240 g/mol. The maximum atomic E-state index is 11.1. The third kappa shape index (κ3) is 11.0. The van der Waals surface area contributed by atoms with Gasteiger partial charge in [-0.3, -0.25) is 4.79 Å². The molecular formula is C16H30O3. The summed E-state index contributed by atoms with van der Waals surface area (Å²) in [5.41, 5.74) is 0. The second kappa shape index (κ2) is 11.3. The van der Waals surface area contributed by atoms with Gasteiger partial charge in [-0.1, -0.05) is 51.4 Å². The Balaban J connectivity index is 1.67. The lowest BCUT2D eigenvalue weighted by atomic mass is 10.1. The summed E-state index contributed by atoms with van der Waals surface area (Å²) in [6, 6.07) is 0. The smallest absolute Gasteiger partial charge is 0.305 e. The zero-order valence-corrected chi connectivity index (χ0v) is 12.5. The van der Waals surface area contributed by atoms with Crippen molar-refractivity contribution in [2.75, 3.05) is 13.2 Å². The first kappa shape index (κ1) is 16.5. The number of carbonyl (C=O) groups is 1. The molecule has 1 atom stereocenters. The van der Waals surface area contributed by atoms with E-state index in [1.54, 1.807) is 0 Å². The van der Waals surface area contributed by atoms with E-state index in [0.717, 1.165) is 19.4 Å². The largest absolute Gasteiger partial charge is 0.466 e. The Labute approximate surface area is 118 Å². The minimum absolute atomic E-state index is 0.0397. The standard InChI is InChI=1S/C16H30O3/c1-2-18-16(17)13-11-9-7-5-3-4-6-8-10-12-15-14-19-15/h15H,2-14H2,1H3. The number of unbranched alkanes of at least 4 members (excludes halogenated alkanes) is 8. The van der Waals surface area contributed by atoms with E-state index in [-0.39, 0.29) is 5.97 Å². The van der Waals surface area contributed by atoms with Crippen molar-refractivity contribution >= 4 is 5.97 Å². The van der Waals surface area contributed by atoms with E-state index in [0.29, 0.717) is 19.1 Å². The number of ether oxygens (including phenoxy) is 2. The number of rotatable bonds is 13. The molecule has 0 spiro atoms. The highest BCUT2D eigenvalue weighted by molar-refractivity contribution is 5.69. The van der Waals surface area contributed by atoms with Gasteiger partial charge in [0.25, 0.3) is 0 Å². The summed E-state index contributed by atoms with van der Waals surface area (Å²) in [5.74, 6) is -0.0397. The molecule has 1 unspecified atom stereocenters. The molecule has 0 aromatic rings. The Bertz CT molecular complexity index is 224. The normalized spacial score (nSPS) is 17.4. The molecule has 0 saturated carbocycles. The molecule has 0 radical (unpaired) electrons. The van der Waals surface area contributed by atoms with E-state index in [2.05, 4.69) is 0 Å². The Morgan fingerprint density at radius 2 is 1.53 bits per heavy atom. The Hall–Kier alpha value is -0.570. The fraction of sp³-hybridized carbons (Fsp3) is 0.938. The summed E-state index contributed by atoms with van der Waals surface area (Å²) in [6.07, 6.45) is 14.0. The topological polar surface area (TPSA) is 38.8 Å². The van der Waals surface area contributed by atoms with Crippen LogP contribution in [0.1, 0.15) is 77.6 Å². The molecule has 1 rings (SSSR count). The van der Waals surface area contributed by atoms with Gasteiger partial charge in [0.15, 0.2) is 0 Å². The number of hydrogen-bond donors (Lipinski definition) is 0. The van der Waals surface area contributed by atoms with Gasteiger partial charge in [-0.05, 0) is 19.8 Å². The van der Waals surface area contributed by atoms with E-state index >= 15 is 0 Å². The highest BCUT2D eigenvalue weighted by Crippen LogP contribution is 2.18. The SMILES string of the molecule is CCOC(=O)CCCCCCCCCCCC1CO1. The van der Waals surface area contributed by atoms with Crippen molar-refractivity contribution in [3.05, 3.63) is 0 Å². The fourth-order valence-electron chi connectivity index (χ4n) is 2.35. The van der Waals surface area contributed by atoms with Crippen LogP contribution in [0, 0.1) is 0 Å². The van der Waals surface area contributed by atoms with Gasteiger partial charge >= 0.3 is 5.97 Å². The zero-order chi connectivity index (χ0) is 13.8. The van der Waals surface area contributed by atoms with Gasteiger partial charge in [0.05, 0.1) is 19.3 Å². The third-order valence-corrected chi connectivity index (χ3v) is 3.61. The van der Waals surface area contributed by atoms with Crippen LogP contribution in [0.25, 0.3) is 0 Å². The Morgan fingerprint density at radius 1 is 1.00 bits per heavy atom. The average Bonchev–Trinajstić information content (AvgIpc) is 3.20. The van der Waals surface area contributed by atoms with Crippen LogP contribution in [-0.2, 0) is 14.3 Å². The lowest BCUT2D eigenvalue weighted by Crippen LogP contribution is -2.03. The first-order valence-electron chi connectivity index (χ1n) is 8.10. The lowest BCUT2D eigenvalue weighted by Gasteiger charge is -2.03. The van der Waals surface area contributed by atoms with E-state index in [1.165, 1.54) is 51.4 Å². The number of esters is 1. The molecule has 3 nitrogen and oxygen atoms in total. The van der Waals surface area contributed by atoms with Gasteiger partial charge in [0.2, 0.25) is 0 Å². The summed E-state index contributed by atoms with van der Waals surface area (Å²) >= 11 is 0. The van der Waals surface area contributed by atoms with Crippen LogP contribution in [0.5, 0.6) is 0 Å². The molecule has 0 aliphatic carbocycles. The van der Waals surface area contributed by atoms with Gasteiger partial charge < -0.3 is 9.47 Å². The van der Waals surface area contributed by atoms with Crippen LogP contribution >= 0.6 is 0 Å². The summed E-state index contributed by atoms with van der Waals surface area (Å²) in [6.45, 7) is 3.37. The highest BCUT2D eigenvalue weighted by Gasteiger charge is 2.20. The molecule has 0 amide bonds. The molecule has 0 aromatic carbocycles. The second-order valence-electron chi connectivity index (χ2n) is 5.48. The zero-order valence-electron chi connectivity index (χ0n) is 12.5. The molecule has 1 aliphatic heterocycles. The Morgan fingerprint density at radius 3 is 2.05 bits per heavy atom. The molecule has 0 aromatic heterocycles. The maximum absolute atomic E-state index is 11.1. The quantitative estimate of drug-likeness (QED) is 0.285. The van der Waals surface area contributed by atoms with Crippen molar-refractivity contribution in [3.8, 4) is 0 Å². The maximum Gasteiger partial charge on any atom is 0.305 e. The molecule has 0 N–H and O–H groups in total. The van der Waals surface area contributed by atoms with E-state index in [1.807, 2.05) is 6.92 Å². The molecule has 3 heteroatoms. The predicted molar refractivity (Wildman–Crippen MR) is 77.2 cm³/mol. The summed E-state index contributed by atoms with van der Waals surface area (Å²) in [7, 11) is 0. The van der Waals surface area contributed by atoms with E-state index in [4.69, 9.17) is 9.47 Å². The third-order valence-electron chi connectivity index (χ3n) is 3.61. The number of hydrogen-bond acceptors (Lipinski definition) is 3. The molecule has 1 heterocycles. The van der Waals surface area contributed by atoms with Crippen molar-refractivity contribution in [2.45, 2.75) is 83.7 Å². The molecule has 19 heavy (non-hydrogen) atoms. The van der Waals surface area contributed by atoms with Gasteiger partial charge in [0, 0.05) is 6.42 Å². The van der Waals surface area contributed by atoms with Crippen molar-refractivity contribution in [1.82, 2.24) is 0 Å². The van der Waals surface area contributed by atoms with Crippen molar-refractivity contribution in [3.63, 3.8) is 0 Å². The first-order valence-corrected chi connectivity index (χ1v) is 8.10. The van der Waals surface area contributed by atoms with E-state index in [9.17, 15) is 4.79 Å². The molecule has 0 bridgehead atoms. The van der Waals surface area contributed by atoms with Gasteiger partial charge in [0.1, 0.15) is 0 Å². The van der Waals surface area contributed by atoms with Crippen molar-refractivity contribution in [1.29, 1.82) is 0 Å². The van der Waals surface area contributed by atoms with Crippen LogP contribution < -0.4 is 0 Å². The lowest BCUT2D eigenvalue weighted by molar-refractivity contribution is -0.143. The van der Waals surface area contributed by atoms with Crippen LogP contribution in [0.3, 0.4) is 0 Å². The van der Waals surface area contributed by atoms with Crippen molar-refractivity contribution in [2.24, 2.45) is 0 Å². The molecule has 1 fully saturated rings. The summed E-state index contributed by atoms with van der Waals surface area (Å²) in [5, 5.41) is 0. The highest BCUT2D eigenvalue weighted by atomic mass is 16.6. The van der Waals surface area contributed by atoms with Gasteiger partial charge in [-0.15, -0.1) is 0 Å². The van der Waals surface area contributed by atoms with Crippen molar-refractivity contribution < 1.29 is 14.3 Å². The van der Waals surface area contributed by atoms with E-state index < -0.39 is 0 Å². The Kier molecular flexibility index (Phi) is 9.78. The van der Waals surface area contributed by atoms with Crippen LogP contribution in [0.4, 0.5) is 0 Å². The minimum atomic E-state index is -0.0397. The van der Waals surface area contributed by atoms with Crippen LogP contribution in [0.2, 0.25) is 0 Å². The summed E-state index contributed by atoms with van der Waals surface area (Å²) in [4.78, 5) is 11.1. The molecule has 112 valence electrons. The number of carbonyl (C=O) groups excluding carboxylic acids is 1. The average molecular weight is 270 g/mol. The van der Waals surface area contributed by atoms with Gasteiger partial charge in [-0.25, -0.2) is 0 Å². The van der Waals surface area contributed by atoms with Crippen LogP contribution in [0.15, 0.2) is 0 Å². The predicted octanol–water partition coefficient (Wildman–Crippen LogP) is 4.24. The molecule has 1 saturated heterocycles. The number of epoxide rings is 1.